The molecule has 0 spiro atoms. The normalized spacial score (nSPS) is 19.3. The van der Waals surface area contributed by atoms with Gasteiger partial charge in [0.05, 0.1) is 0 Å². The van der Waals surface area contributed by atoms with Gasteiger partial charge < -0.3 is 4.74 Å². The average Bonchev–Trinajstić information content (AvgIpc) is 2.78. The smallest absolute Gasteiger partial charge is 0.0488 e. The molecule has 1 saturated carbocycles. The third-order valence-corrected chi connectivity index (χ3v) is 3.03. The molecule has 1 rings (SSSR count). The van der Waals surface area contributed by atoms with Crippen molar-refractivity contribution in [3.8, 4) is 0 Å². The van der Waals surface area contributed by atoms with E-state index >= 15 is 0 Å². The first-order valence-corrected chi connectivity index (χ1v) is 6.12. The fourth-order valence-electron chi connectivity index (χ4n) is 2.21. The van der Waals surface area contributed by atoms with Crippen molar-refractivity contribution < 1.29 is 4.74 Å². The van der Waals surface area contributed by atoms with Gasteiger partial charge in [-0.3, -0.25) is 0 Å². The van der Waals surface area contributed by atoms with Gasteiger partial charge in [-0.15, -0.1) is 0 Å². The van der Waals surface area contributed by atoms with Crippen molar-refractivity contribution in [1.82, 2.24) is 0 Å². The van der Waals surface area contributed by atoms with Crippen LogP contribution in [0.15, 0.2) is 0 Å². The standard InChI is InChI=1S/C13H26O/c1-11(2)9-13(5-6-13)7-8-14-10-12(3)4/h11-12H,5-10H2,1-4H3. The van der Waals surface area contributed by atoms with Gasteiger partial charge in [0, 0.05) is 13.2 Å². The molecule has 0 atom stereocenters. The minimum absolute atomic E-state index is 0.676. The molecule has 0 heterocycles. The van der Waals surface area contributed by atoms with Gasteiger partial charge in [0.15, 0.2) is 0 Å². The summed E-state index contributed by atoms with van der Waals surface area (Å²) >= 11 is 0. The first kappa shape index (κ1) is 12.0. The second-order valence-electron chi connectivity index (χ2n) is 5.82. The number of rotatable bonds is 7. The SMILES string of the molecule is CC(C)COCCC1(CC(C)C)CC1. The molecule has 0 bridgehead atoms. The molecule has 1 fully saturated rings. The molecule has 0 aliphatic heterocycles. The summed E-state index contributed by atoms with van der Waals surface area (Å²) in [5, 5.41) is 0. The highest BCUT2D eigenvalue weighted by molar-refractivity contribution is 4.93. The van der Waals surface area contributed by atoms with E-state index in [1.807, 2.05) is 0 Å². The molecule has 1 aliphatic carbocycles. The van der Waals surface area contributed by atoms with Gasteiger partial charge in [-0.2, -0.15) is 0 Å². The molecular formula is C13H26O. The Morgan fingerprint density at radius 3 is 2.14 bits per heavy atom. The van der Waals surface area contributed by atoms with Gasteiger partial charge in [-0.05, 0) is 42.9 Å². The molecule has 84 valence electrons. The highest BCUT2D eigenvalue weighted by atomic mass is 16.5. The lowest BCUT2D eigenvalue weighted by molar-refractivity contribution is 0.0919. The first-order valence-electron chi connectivity index (χ1n) is 6.12. The summed E-state index contributed by atoms with van der Waals surface area (Å²) in [6, 6.07) is 0. The van der Waals surface area contributed by atoms with Gasteiger partial charge in [-0.1, -0.05) is 27.7 Å². The summed E-state index contributed by atoms with van der Waals surface area (Å²) in [6.45, 7) is 11.0. The Morgan fingerprint density at radius 2 is 1.71 bits per heavy atom. The molecule has 1 nitrogen and oxygen atoms in total. The van der Waals surface area contributed by atoms with Crippen LogP contribution in [-0.4, -0.2) is 13.2 Å². The van der Waals surface area contributed by atoms with Crippen LogP contribution in [0.4, 0.5) is 0 Å². The molecule has 0 N–H and O–H groups in total. The van der Waals surface area contributed by atoms with Crippen molar-refractivity contribution in [2.45, 2.75) is 53.4 Å². The summed E-state index contributed by atoms with van der Waals surface area (Å²) < 4.78 is 5.65. The van der Waals surface area contributed by atoms with E-state index in [0.29, 0.717) is 11.3 Å². The van der Waals surface area contributed by atoms with Crippen LogP contribution in [0.2, 0.25) is 0 Å². The second kappa shape index (κ2) is 5.16. The molecule has 0 aromatic carbocycles. The Hall–Kier alpha value is -0.0400. The Bertz CT molecular complexity index is 157. The minimum atomic E-state index is 0.676. The lowest BCUT2D eigenvalue weighted by Crippen LogP contribution is -2.11. The largest absolute Gasteiger partial charge is 0.381 e. The summed E-state index contributed by atoms with van der Waals surface area (Å²) in [6.07, 6.45) is 5.57. The van der Waals surface area contributed by atoms with E-state index in [9.17, 15) is 0 Å². The van der Waals surface area contributed by atoms with Gasteiger partial charge >= 0.3 is 0 Å². The molecule has 0 unspecified atom stereocenters. The van der Waals surface area contributed by atoms with E-state index in [2.05, 4.69) is 27.7 Å². The maximum absolute atomic E-state index is 5.65. The topological polar surface area (TPSA) is 9.23 Å². The molecule has 1 heteroatoms. The highest BCUT2D eigenvalue weighted by Crippen LogP contribution is 2.53. The molecule has 0 radical (unpaired) electrons. The van der Waals surface area contributed by atoms with Crippen LogP contribution in [0.25, 0.3) is 0 Å². The Morgan fingerprint density at radius 1 is 1.07 bits per heavy atom. The van der Waals surface area contributed by atoms with Gasteiger partial charge in [-0.25, -0.2) is 0 Å². The van der Waals surface area contributed by atoms with E-state index < -0.39 is 0 Å². The van der Waals surface area contributed by atoms with Crippen molar-refractivity contribution in [2.75, 3.05) is 13.2 Å². The van der Waals surface area contributed by atoms with Crippen molar-refractivity contribution in [1.29, 1.82) is 0 Å². The lowest BCUT2D eigenvalue weighted by Gasteiger charge is -2.17. The summed E-state index contributed by atoms with van der Waals surface area (Å²) in [5.41, 5.74) is 0.686. The minimum Gasteiger partial charge on any atom is -0.381 e. The van der Waals surface area contributed by atoms with Gasteiger partial charge in [0.1, 0.15) is 0 Å². The second-order valence-corrected chi connectivity index (χ2v) is 5.82. The molecule has 0 amide bonds. The monoisotopic (exact) mass is 198 g/mol. The van der Waals surface area contributed by atoms with Crippen LogP contribution in [-0.2, 0) is 4.74 Å². The van der Waals surface area contributed by atoms with Crippen LogP contribution in [0.1, 0.15) is 53.4 Å². The van der Waals surface area contributed by atoms with Crippen LogP contribution >= 0.6 is 0 Å². The zero-order chi connectivity index (χ0) is 10.6. The Labute approximate surface area is 89.2 Å². The molecule has 1 aliphatic rings. The average molecular weight is 198 g/mol. The van der Waals surface area contributed by atoms with Crippen molar-refractivity contribution in [3.63, 3.8) is 0 Å². The van der Waals surface area contributed by atoms with Crippen LogP contribution in [0.3, 0.4) is 0 Å². The van der Waals surface area contributed by atoms with Crippen LogP contribution in [0, 0.1) is 17.3 Å². The molecule has 14 heavy (non-hydrogen) atoms. The van der Waals surface area contributed by atoms with E-state index in [0.717, 1.165) is 19.1 Å². The first-order chi connectivity index (χ1) is 6.54. The zero-order valence-electron chi connectivity index (χ0n) is 10.3. The van der Waals surface area contributed by atoms with E-state index in [1.54, 1.807) is 0 Å². The Balaban J connectivity index is 2.06. The number of hydrogen-bond donors (Lipinski definition) is 0. The summed E-state index contributed by atoms with van der Waals surface area (Å²) in [5.74, 6) is 1.53. The maximum Gasteiger partial charge on any atom is 0.0488 e. The number of hydrogen-bond acceptors (Lipinski definition) is 1. The summed E-state index contributed by atoms with van der Waals surface area (Å²) in [4.78, 5) is 0. The maximum atomic E-state index is 5.65. The predicted molar refractivity (Wildman–Crippen MR) is 61.4 cm³/mol. The van der Waals surface area contributed by atoms with Crippen LogP contribution < -0.4 is 0 Å². The highest BCUT2D eigenvalue weighted by Gasteiger charge is 2.41. The molecule has 0 saturated heterocycles. The summed E-state index contributed by atoms with van der Waals surface area (Å²) in [7, 11) is 0. The quantitative estimate of drug-likeness (QED) is 0.564. The lowest BCUT2D eigenvalue weighted by atomic mass is 9.91. The van der Waals surface area contributed by atoms with E-state index in [-0.39, 0.29) is 0 Å². The van der Waals surface area contributed by atoms with Crippen molar-refractivity contribution in [2.24, 2.45) is 17.3 Å². The van der Waals surface area contributed by atoms with E-state index in [1.165, 1.54) is 25.7 Å². The molecule has 0 aromatic heterocycles. The predicted octanol–water partition coefficient (Wildman–Crippen LogP) is 3.88. The fourth-order valence-corrected chi connectivity index (χ4v) is 2.21. The van der Waals surface area contributed by atoms with Crippen LogP contribution in [0.5, 0.6) is 0 Å². The number of ether oxygens (including phenoxy) is 1. The van der Waals surface area contributed by atoms with Crippen molar-refractivity contribution >= 4 is 0 Å². The third kappa shape index (κ3) is 4.45. The molecular weight excluding hydrogens is 172 g/mol. The van der Waals surface area contributed by atoms with Crippen molar-refractivity contribution in [3.05, 3.63) is 0 Å². The Kier molecular flexibility index (Phi) is 4.43. The fraction of sp³-hybridized carbons (Fsp3) is 1.00. The molecule has 0 aromatic rings. The van der Waals surface area contributed by atoms with Gasteiger partial charge in [0.25, 0.3) is 0 Å². The third-order valence-electron chi connectivity index (χ3n) is 3.03. The van der Waals surface area contributed by atoms with Gasteiger partial charge in [0.2, 0.25) is 0 Å². The van der Waals surface area contributed by atoms with E-state index in [4.69, 9.17) is 4.74 Å². The zero-order valence-corrected chi connectivity index (χ0v) is 10.3.